The van der Waals surface area contributed by atoms with Crippen molar-refractivity contribution in [3.63, 3.8) is 0 Å². The van der Waals surface area contributed by atoms with Crippen molar-refractivity contribution in [1.29, 1.82) is 0 Å². The molecule has 2 aliphatic rings. The highest BCUT2D eigenvalue weighted by Crippen LogP contribution is 2.38. The number of aromatic amines is 1. The van der Waals surface area contributed by atoms with Crippen LogP contribution in [0.3, 0.4) is 0 Å². The summed E-state index contributed by atoms with van der Waals surface area (Å²) >= 11 is 0. The van der Waals surface area contributed by atoms with Gasteiger partial charge in [-0.15, -0.1) is 0 Å². The Bertz CT molecular complexity index is 999. The second kappa shape index (κ2) is 7.03. The molecule has 1 atom stereocenters. The third-order valence-electron chi connectivity index (χ3n) is 5.34. The van der Waals surface area contributed by atoms with Crippen LogP contribution in [0.1, 0.15) is 34.9 Å². The summed E-state index contributed by atoms with van der Waals surface area (Å²) in [6.07, 6.45) is 1.91. The molecule has 1 aromatic heterocycles. The molecule has 28 heavy (non-hydrogen) atoms. The van der Waals surface area contributed by atoms with Gasteiger partial charge in [-0.2, -0.15) is 5.10 Å². The highest BCUT2D eigenvalue weighted by atomic mass is 16.6. The van der Waals surface area contributed by atoms with E-state index in [0.717, 1.165) is 47.7 Å². The molecule has 3 heterocycles. The number of ether oxygens (including phenoxy) is 2. The molecular weight excluding hydrogens is 354 g/mol. The van der Waals surface area contributed by atoms with Crippen LogP contribution in [0.25, 0.3) is 11.3 Å². The molecule has 5 rings (SSSR count). The Balaban J connectivity index is 1.40. The molecule has 142 valence electrons. The van der Waals surface area contributed by atoms with Crippen molar-refractivity contribution in [2.24, 2.45) is 0 Å². The Labute approximate surface area is 163 Å². The lowest BCUT2D eigenvalue weighted by Gasteiger charge is -2.26. The van der Waals surface area contributed by atoms with Gasteiger partial charge in [-0.05, 0) is 36.6 Å². The number of aromatic nitrogens is 2. The second-order valence-corrected chi connectivity index (χ2v) is 7.09. The lowest BCUT2D eigenvalue weighted by Crippen LogP contribution is -2.31. The number of H-pyrrole nitrogens is 1. The fourth-order valence-electron chi connectivity index (χ4n) is 3.97. The summed E-state index contributed by atoms with van der Waals surface area (Å²) in [5.41, 5.74) is 3.36. The first-order valence-corrected chi connectivity index (χ1v) is 9.61. The summed E-state index contributed by atoms with van der Waals surface area (Å²) in [4.78, 5) is 15.1. The van der Waals surface area contributed by atoms with Gasteiger partial charge in [0.25, 0.3) is 5.91 Å². The number of nitrogens with zero attached hydrogens (tertiary/aromatic N) is 2. The van der Waals surface area contributed by atoms with Gasteiger partial charge in [0.05, 0.1) is 11.7 Å². The van der Waals surface area contributed by atoms with E-state index in [1.807, 2.05) is 59.5 Å². The summed E-state index contributed by atoms with van der Waals surface area (Å²) in [5, 5.41) is 7.24. The zero-order valence-electron chi connectivity index (χ0n) is 15.4. The normalized spacial score (nSPS) is 18.3. The van der Waals surface area contributed by atoms with Gasteiger partial charge in [-0.3, -0.25) is 9.89 Å². The molecule has 0 radical (unpaired) electrons. The minimum absolute atomic E-state index is 0.0212. The Morgan fingerprint density at radius 1 is 1.04 bits per heavy atom. The summed E-state index contributed by atoms with van der Waals surface area (Å²) in [6.45, 7) is 1.86. The maximum atomic E-state index is 13.2. The van der Waals surface area contributed by atoms with Crippen LogP contribution in [0.4, 0.5) is 0 Å². The highest BCUT2D eigenvalue weighted by molar-refractivity contribution is 5.94. The van der Waals surface area contributed by atoms with Gasteiger partial charge in [0, 0.05) is 12.1 Å². The predicted molar refractivity (Wildman–Crippen MR) is 104 cm³/mol. The molecular formula is C22H21N3O3. The molecule has 0 bridgehead atoms. The quantitative estimate of drug-likeness (QED) is 0.756. The van der Waals surface area contributed by atoms with Gasteiger partial charge in [0.1, 0.15) is 18.9 Å². The first-order valence-electron chi connectivity index (χ1n) is 9.61. The van der Waals surface area contributed by atoms with Crippen molar-refractivity contribution in [3.8, 4) is 22.8 Å². The summed E-state index contributed by atoms with van der Waals surface area (Å²) in [5.74, 6) is 1.51. The number of fused-ring (bicyclic) bond motifs is 1. The van der Waals surface area contributed by atoms with Crippen LogP contribution in [-0.2, 0) is 0 Å². The number of hydrogen-bond donors (Lipinski definition) is 1. The smallest absolute Gasteiger partial charge is 0.272 e. The minimum Gasteiger partial charge on any atom is -0.486 e. The van der Waals surface area contributed by atoms with E-state index in [2.05, 4.69) is 10.2 Å². The molecule has 1 saturated heterocycles. The number of nitrogens with one attached hydrogen (secondary N) is 1. The predicted octanol–water partition coefficient (Wildman–Crippen LogP) is 3.83. The van der Waals surface area contributed by atoms with Gasteiger partial charge in [0.2, 0.25) is 0 Å². The maximum absolute atomic E-state index is 13.2. The molecule has 3 aromatic rings. The van der Waals surface area contributed by atoms with Crippen molar-refractivity contribution in [2.45, 2.75) is 18.9 Å². The molecule has 6 nitrogen and oxygen atoms in total. The largest absolute Gasteiger partial charge is 0.486 e. The fourth-order valence-corrected chi connectivity index (χ4v) is 3.97. The zero-order valence-corrected chi connectivity index (χ0v) is 15.4. The number of hydrogen-bond acceptors (Lipinski definition) is 4. The van der Waals surface area contributed by atoms with E-state index in [-0.39, 0.29) is 11.9 Å². The second-order valence-electron chi connectivity index (χ2n) is 7.09. The summed E-state index contributed by atoms with van der Waals surface area (Å²) < 4.78 is 11.3. The minimum atomic E-state index is -0.0212. The maximum Gasteiger partial charge on any atom is 0.272 e. The van der Waals surface area contributed by atoms with E-state index in [1.165, 1.54) is 0 Å². The van der Waals surface area contributed by atoms with E-state index in [1.54, 1.807) is 0 Å². The molecule has 1 N–H and O–H groups in total. The first kappa shape index (κ1) is 16.9. The monoisotopic (exact) mass is 375 g/mol. The van der Waals surface area contributed by atoms with E-state index < -0.39 is 0 Å². The summed E-state index contributed by atoms with van der Waals surface area (Å²) in [7, 11) is 0. The van der Waals surface area contributed by atoms with Gasteiger partial charge in [-0.25, -0.2) is 0 Å². The van der Waals surface area contributed by atoms with Crippen LogP contribution in [0.5, 0.6) is 11.5 Å². The van der Waals surface area contributed by atoms with E-state index >= 15 is 0 Å². The van der Waals surface area contributed by atoms with Crippen LogP contribution >= 0.6 is 0 Å². The average Bonchev–Trinajstić information content (AvgIpc) is 3.44. The third kappa shape index (κ3) is 3.01. The van der Waals surface area contributed by atoms with Crippen molar-refractivity contribution >= 4 is 5.91 Å². The van der Waals surface area contributed by atoms with Crippen LogP contribution in [0, 0.1) is 0 Å². The van der Waals surface area contributed by atoms with E-state index in [9.17, 15) is 4.79 Å². The van der Waals surface area contributed by atoms with Crippen molar-refractivity contribution in [1.82, 2.24) is 15.1 Å². The van der Waals surface area contributed by atoms with Gasteiger partial charge >= 0.3 is 0 Å². The highest BCUT2D eigenvalue weighted by Gasteiger charge is 2.32. The molecule has 1 amide bonds. The SMILES string of the molecule is O=C(c1cc(-c2ccccc2)n[nH]1)N1CCCC1c1ccc2c(c1)OCCO2. The van der Waals surface area contributed by atoms with Crippen molar-refractivity contribution < 1.29 is 14.3 Å². The third-order valence-corrected chi connectivity index (χ3v) is 5.34. The molecule has 0 spiro atoms. The van der Waals surface area contributed by atoms with Gasteiger partial charge < -0.3 is 14.4 Å². The Morgan fingerprint density at radius 3 is 2.71 bits per heavy atom. The van der Waals surface area contributed by atoms with E-state index in [4.69, 9.17) is 9.47 Å². The molecule has 2 aromatic carbocycles. The topological polar surface area (TPSA) is 67.5 Å². The Kier molecular flexibility index (Phi) is 4.24. The number of carbonyl (C=O) groups is 1. The molecule has 0 aliphatic carbocycles. The van der Waals surface area contributed by atoms with E-state index in [0.29, 0.717) is 18.9 Å². The molecule has 1 unspecified atom stereocenters. The van der Waals surface area contributed by atoms with Crippen LogP contribution in [0.2, 0.25) is 0 Å². The number of likely N-dealkylation sites (tertiary alicyclic amines) is 1. The summed E-state index contributed by atoms with van der Waals surface area (Å²) in [6, 6.07) is 17.7. The van der Waals surface area contributed by atoms with Crippen molar-refractivity contribution in [3.05, 3.63) is 65.9 Å². The lowest BCUT2D eigenvalue weighted by atomic mass is 10.0. The molecule has 1 fully saturated rings. The zero-order chi connectivity index (χ0) is 18.9. The average molecular weight is 375 g/mol. The first-order chi connectivity index (χ1) is 13.8. The Hall–Kier alpha value is -3.28. The number of carbonyl (C=O) groups excluding carboxylic acids is 1. The molecule has 6 heteroatoms. The number of amides is 1. The van der Waals surface area contributed by atoms with Gasteiger partial charge in [0.15, 0.2) is 11.5 Å². The lowest BCUT2D eigenvalue weighted by molar-refractivity contribution is 0.0729. The van der Waals surface area contributed by atoms with Crippen molar-refractivity contribution in [2.75, 3.05) is 19.8 Å². The molecule has 0 saturated carbocycles. The van der Waals surface area contributed by atoms with Crippen LogP contribution in [0.15, 0.2) is 54.6 Å². The molecule has 2 aliphatic heterocycles. The Morgan fingerprint density at radius 2 is 1.86 bits per heavy atom. The fraction of sp³-hybridized carbons (Fsp3) is 0.273. The van der Waals surface area contributed by atoms with Crippen LogP contribution in [-0.4, -0.2) is 40.8 Å². The number of rotatable bonds is 3. The number of benzene rings is 2. The van der Waals surface area contributed by atoms with Crippen LogP contribution < -0.4 is 9.47 Å². The standard InChI is InChI=1S/C22H21N3O3/c26-22(18-14-17(23-24-18)15-5-2-1-3-6-15)25-10-4-7-19(25)16-8-9-20-21(13-16)28-12-11-27-20/h1-3,5-6,8-9,13-14,19H,4,7,10-12H2,(H,23,24). The van der Waals surface area contributed by atoms with Gasteiger partial charge in [-0.1, -0.05) is 36.4 Å².